The molecule has 0 aliphatic carbocycles. The van der Waals surface area contributed by atoms with Crippen LogP contribution in [0.5, 0.6) is 0 Å². The normalized spacial score (nSPS) is 19.5. The SMILES string of the molecule is O=C(O)C1CCN1C(=O)c1ccccc1.O=C(O)[C@@H]1CCN1C(=O)c1ccccc1. The zero-order valence-electron chi connectivity index (χ0n) is 16.2. The van der Waals surface area contributed by atoms with Gasteiger partial charge in [-0.05, 0) is 37.1 Å². The van der Waals surface area contributed by atoms with E-state index in [9.17, 15) is 19.2 Å². The minimum absolute atomic E-state index is 0.200. The van der Waals surface area contributed by atoms with Crippen molar-refractivity contribution in [2.75, 3.05) is 13.1 Å². The van der Waals surface area contributed by atoms with Gasteiger partial charge in [0.1, 0.15) is 12.1 Å². The summed E-state index contributed by atoms with van der Waals surface area (Å²) in [5.41, 5.74) is 1.09. The number of carbonyl (C=O) groups excluding carboxylic acids is 2. The summed E-state index contributed by atoms with van der Waals surface area (Å²) in [6.07, 6.45) is 1.10. The van der Waals surface area contributed by atoms with Gasteiger partial charge in [0.25, 0.3) is 11.8 Å². The van der Waals surface area contributed by atoms with Gasteiger partial charge in [0.05, 0.1) is 0 Å². The summed E-state index contributed by atoms with van der Waals surface area (Å²) in [5.74, 6) is -2.25. The summed E-state index contributed by atoms with van der Waals surface area (Å²) in [6.45, 7) is 1.06. The molecule has 8 nitrogen and oxygen atoms in total. The number of hydrogen-bond acceptors (Lipinski definition) is 4. The number of benzene rings is 2. The quantitative estimate of drug-likeness (QED) is 0.796. The largest absolute Gasteiger partial charge is 0.480 e. The monoisotopic (exact) mass is 410 g/mol. The van der Waals surface area contributed by atoms with Crippen LogP contribution >= 0.6 is 0 Å². The summed E-state index contributed by atoms with van der Waals surface area (Å²) in [7, 11) is 0. The van der Waals surface area contributed by atoms with E-state index in [0.717, 1.165) is 0 Å². The Balaban J connectivity index is 0.000000171. The molecular formula is C22H22N2O6. The van der Waals surface area contributed by atoms with Crippen LogP contribution in [0.15, 0.2) is 60.7 Å². The van der Waals surface area contributed by atoms with Crippen LogP contribution in [0.1, 0.15) is 33.6 Å². The third-order valence-electron chi connectivity index (χ3n) is 5.17. The van der Waals surface area contributed by atoms with Gasteiger partial charge in [-0.2, -0.15) is 0 Å². The van der Waals surface area contributed by atoms with Gasteiger partial charge in [-0.3, -0.25) is 9.59 Å². The van der Waals surface area contributed by atoms with Crippen molar-refractivity contribution in [1.82, 2.24) is 9.80 Å². The molecule has 1 unspecified atom stereocenters. The molecule has 0 spiro atoms. The number of likely N-dealkylation sites (tertiary alicyclic amines) is 2. The highest BCUT2D eigenvalue weighted by Crippen LogP contribution is 2.21. The number of carboxylic acids is 2. The van der Waals surface area contributed by atoms with Crippen LogP contribution in [0.25, 0.3) is 0 Å². The van der Waals surface area contributed by atoms with E-state index in [-0.39, 0.29) is 11.8 Å². The number of nitrogens with zero attached hydrogens (tertiary/aromatic N) is 2. The first-order valence-corrected chi connectivity index (χ1v) is 9.57. The highest BCUT2D eigenvalue weighted by atomic mass is 16.4. The molecule has 2 heterocycles. The van der Waals surface area contributed by atoms with Gasteiger partial charge in [0.15, 0.2) is 0 Å². The van der Waals surface area contributed by atoms with Gasteiger partial charge >= 0.3 is 11.9 Å². The molecule has 30 heavy (non-hydrogen) atoms. The zero-order chi connectivity index (χ0) is 21.7. The minimum Gasteiger partial charge on any atom is -0.480 e. The molecule has 2 saturated heterocycles. The molecule has 2 aromatic rings. The fraction of sp³-hybridized carbons (Fsp3) is 0.273. The maximum atomic E-state index is 11.8. The van der Waals surface area contributed by atoms with Gasteiger partial charge in [-0.15, -0.1) is 0 Å². The van der Waals surface area contributed by atoms with Crippen molar-refractivity contribution in [1.29, 1.82) is 0 Å². The molecule has 2 fully saturated rings. The summed E-state index contributed by atoms with van der Waals surface area (Å²) in [6, 6.07) is 16.2. The molecule has 0 radical (unpaired) electrons. The van der Waals surface area contributed by atoms with Gasteiger partial charge in [-0.25, -0.2) is 9.59 Å². The van der Waals surface area contributed by atoms with Crippen LogP contribution in [0, 0.1) is 0 Å². The Hall–Kier alpha value is -3.68. The van der Waals surface area contributed by atoms with Crippen LogP contribution in [0.2, 0.25) is 0 Å². The number of carbonyl (C=O) groups is 4. The van der Waals surface area contributed by atoms with Gasteiger partial charge in [0, 0.05) is 24.2 Å². The lowest BCUT2D eigenvalue weighted by atomic mass is 10.0. The molecule has 2 aliphatic heterocycles. The molecule has 0 aromatic heterocycles. The first kappa shape index (κ1) is 21.0. The lowest BCUT2D eigenvalue weighted by Gasteiger charge is -2.37. The first-order chi connectivity index (χ1) is 14.4. The number of aliphatic carboxylic acids is 2. The Morgan fingerprint density at radius 2 is 0.967 bits per heavy atom. The van der Waals surface area contributed by atoms with Crippen molar-refractivity contribution in [3.05, 3.63) is 71.8 Å². The number of rotatable bonds is 4. The van der Waals surface area contributed by atoms with Crippen molar-refractivity contribution in [3.8, 4) is 0 Å². The molecule has 2 amide bonds. The van der Waals surface area contributed by atoms with Crippen LogP contribution in [-0.4, -0.2) is 68.9 Å². The standard InChI is InChI=1S/2C11H11NO3/c2*13-10(8-4-2-1-3-5-8)12-7-6-9(12)11(14)15/h2*1-5,9H,6-7H2,(H,14,15)/t9-;/m0./s1. The second kappa shape index (κ2) is 9.21. The molecule has 2 aliphatic rings. The van der Waals surface area contributed by atoms with E-state index in [2.05, 4.69) is 0 Å². The summed E-state index contributed by atoms with van der Waals surface area (Å²) < 4.78 is 0. The van der Waals surface area contributed by atoms with E-state index in [0.29, 0.717) is 37.1 Å². The maximum Gasteiger partial charge on any atom is 0.326 e. The molecule has 2 aromatic carbocycles. The Morgan fingerprint density at radius 3 is 1.20 bits per heavy atom. The Kier molecular flexibility index (Phi) is 6.46. The third-order valence-corrected chi connectivity index (χ3v) is 5.17. The highest BCUT2D eigenvalue weighted by molar-refractivity contribution is 5.98. The smallest absolute Gasteiger partial charge is 0.326 e. The van der Waals surface area contributed by atoms with Crippen LogP contribution in [0.3, 0.4) is 0 Å². The van der Waals surface area contributed by atoms with E-state index < -0.39 is 24.0 Å². The second-order valence-corrected chi connectivity index (χ2v) is 7.01. The van der Waals surface area contributed by atoms with Crippen molar-refractivity contribution in [2.45, 2.75) is 24.9 Å². The van der Waals surface area contributed by atoms with Crippen LogP contribution in [-0.2, 0) is 9.59 Å². The maximum absolute atomic E-state index is 11.8. The molecule has 8 heteroatoms. The van der Waals surface area contributed by atoms with E-state index in [1.165, 1.54) is 9.80 Å². The third kappa shape index (κ3) is 4.48. The van der Waals surface area contributed by atoms with Crippen molar-refractivity contribution in [3.63, 3.8) is 0 Å². The molecule has 2 N–H and O–H groups in total. The molecule has 2 atom stereocenters. The Bertz CT molecular complexity index is 854. The molecule has 4 rings (SSSR count). The average Bonchev–Trinajstić information content (AvgIpc) is 2.67. The summed E-state index contributed by atoms with van der Waals surface area (Å²) >= 11 is 0. The van der Waals surface area contributed by atoms with Crippen LogP contribution in [0.4, 0.5) is 0 Å². The Morgan fingerprint density at radius 1 is 0.633 bits per heavy atom. The van der Waals surface area contributed by atoms with Crippen molar-refractivity contribution < 1.29 is 29.4 Å². The predicted molar refractivity (Wildman–Crippen MR) is 107 cm³/mol. The first-order valence-electron chi connectivity index (χ1n) is 9.57. The number of hydrogen-bond donors (Lipinski definition) is 2. The second-order valence-electron chi connectivity index (χ2n) is 7.01. The topological polar surface area (TPSA) is 115 Å². The predicted octanol–water partition coefficient (Wildman–Crippen LogP) is 1.97. The molecular weight excluding hydrogens is 388 g/mol. The number of carboxylic acid groups (broad SMARTS) is 2. The van der Waals surface area contributed by atoms with Crippen molar-refractivity contribution in [2.24, 2.45) is 0 Å². The lowest BCUT2D eigenvalue weighted by Crippen LogP contribution is -2.55. The minimum atomic E-state index is -0.925. The summed E-state index contributed by atoms with van der Waals surface area (Å²) in [5, 5.41) is 17.6. The molecule has 0 saturated carbocycles. The molecule has 156 valence electrons. The van der Waals surface area contributed by atoms with E-state index in [1.54, 1.807) is 48.5 Å². The highest BCUT2D eigenvalue weighted by Gasteiger charge is 2.38. The average molecular weight is 410 g/mol. The van der Waals surface area contributed by atoms with E-state index in [1.807, 2.05) is 12.1 Å². The van der Waals surface area contributed by atoms with E-state index >= 15 is 0 Å². The molecule has 0 bridgehead atoms. The van der Waals surface area contributed by atoms with Crippen molar-refractivity contribution >= 4 is 23.8 Å². The van der Waals surface area contributed by atoms with Gasteiger partial charge in [-0.1, -0.05) is 36.4 Å². The lowest BCUT2D eigenvalue weighted by molar-refractivity contribution is -0.147. The number of amides is 2. The summed E-state index contributed by atoms with van der Waals surface area (Å²) in [4.78, 5) is 47.8. The fourth-order valence-electron chi connectivity index (χ4n) is 3.27. The fourth-order valence-corrected chi connectivity index (χ4v) is 3.27. The Labute approximate surface area is 173 Å². The van der Waals surface area contributed by atoms with E-state index in [4.69, 9.17) is 10.2 Å². The van der Waals surface area contributed by atoms with Crippen LogP contribution < -0.4 is 0 Å². The van der Waals surface area contributed by atoms with Gasteiger partial charge in [0.2, 0.25) is 0 Å². The zero-order valence-corrected chi connectivity index (χ0v) is 16.2. The van der Waals surface area contributed by atoms with Gasteiger partial charge < -0.3 is 20.0 Å².